The number of hydrogen-bond acceptors (Lipinski definition) is 2. The Kier molecular flexibility index (Phi) is 4.55. The van der Waals surface area contributed by atoms with Crippen LogP contribution in [0.1, 0.15) is 22.3 Å². The van der Waals surface area contributed by atoms with Crippen LogP contribution in [0.15, 0.2) is 34.9 Å². The van der Waals surface area contributed by atoms with Gasteiger partial charge >= 0.3 is 0 Å². The molecule has 4 heteroatoms. The Labute approximate surface area is 127 Å². The highest BCUT2D eigenvalue weighted by Crippen LogP contribution is 2.18. The summed E-state index contributed by atoms with van der Waals surface area (Å²) in [6, 6.07) is 7.70. The summed E-state index contributed by atoms with van der Waals surface area (Å²) in [6.07, 6.45) is 2.03. The van der Waals surface area contributed by atoms with Crippen molar-refractivity contribution in [2.75, 3.05) is 5.32 Å². The summed E-state index contributed by atoms with van der Waals surface area (Å²) in [4.78, 5) is 16.2. The molecule has 0 aliphatic heterocycles. The molecule has 20 heavy (non-hydrogen) atoms. The molecule has 3 nitrogen and oxygen atoms in total. The fraction of sp³-hybridized carbons (Fsp3) is 0.250. The summed E-state index contributed by atoms with van der Waals surface area (Å²) in [5, 5.41) is 2.81. The van der Waals surface area contributed by atoms with Gasteiger partial charge in [-0.1, -0.05) is 12.1 Å². The number of nitrogens with one attached hydrogen (secondary N) is 1. The van der Waals surface area contributed by atoms with E-state index in [0.29, 0.717) is 12.2 Å². The van der Waals surface area contributed by atoms with Gasteiger partial charge in [-0.05, 0) is 71.1 Å². The standard InChI is InChI=1S/C16H17BrN2O/c1-10-4-5-13(12(3)11(10)2)8-16(20)19-15-7-6-14(17)9-18-15/h4-7,9H,8H2,1-3H3,(H,18,19,20). The van der Waals surface area contributed by atoms with Crippen molar-refractivity contribution in [1.29, 1.82) is 0 Å². The number of hydrogen-bond donors (Lipinski definition) is 1. The van der Waals surface area contributed by atoms with Gasteiger partial charge in [-0.25, -0.2) is 4.98 Å². The molecule has 0 bridgehead atoms. The second-order valence-corrected chi connectivity index (χ2v) is 5.79. The molecule has 104 valence electrons. The molecular weight excluding hydrogens is 316 g/mol. The average Bonchev–Trinajstić information content (AvgIpc) is 2.42. The number of aryl methyl sites for hydroxylation is 1. The molecule has 0 aliphatic carbocycles. The van der Waals surface area contributed by atoms with Crippen molar-refractivity contribution in [3.63, 3.8) is 0 Å². The number of nitrogens with zero attached hydrogens (tertiary/aromatic N) is 1. The quantitative estimate of drug-likeness (QED) is 0.924. The second-order valence-electron chi connectivity index (χ2n) is 4.88. The summed E-state index contributed by atoms with van der Waals surface area (Å²) in [5.41, 5.74) is 4.74. The largest absolute Gasteiger partial charge is 0.310 e. The van der Waals surface area contributed by atoms with Gasteiger partial charge in [-0.2, -0.15) is 0 Å². The van der Waals surface area contributed by atoms with Crippen LogP contribution in [-0.2, 0) is 11.2 Å². The molecule has 1 heterocycles. The third-order valence-electron chi connectivity index (χ3n) is 3.52. The van der Waals surface area contributed by atoms with E-state index in [-0.39, 0.29) is 5.91 Å². The maximum Gasteiger partial charge on any atom is 0.229 e. The van der Waals surface area contributed by atoms with E-state index in [2.05, 4.69) is 53.1 Å². The third kappa shape index (κ3) is 3.45. The first kappa shape index (κ1) is 14.7. The van der Waals surface area contributed by atoms with Gasteiger partial charge in [0.1, 0.15) is 5.82 Å². The van der Waals surface area contributed by atoms with Gasteiger partial charge in [-0.15, -0.1) is 0 Å². The van der Waals surface area contributed by atoms with Gasteiger partial charge in [-0.3, -0.25) is 4.79 Å². The third-order valence-corrected chi connectivity index (χ3v) is 3.99. The Morgan fingerprint density at radius 3 is 2.55 bits per heavy atom. The van der Waals surface area contributed by atoms with Crippen LogP contribution < -0.4 is 5.32 Å². The summed E-state index contributed by atoms with van der Waals surface area (Å²) in [5.74, 6) is 0.519. The van der Waals surface area contributed by atoms with Gasteiger partial charge in [0.2, 0.25) is 5.91 Å². The Bertz CT molecular complexity index is 636. The van der Waals surface area contributed by atoms with Crippen LogP contribution in [0.4, 0.5) is 5.82 Å². The molecule has 0 spiro atoms. The number of halogens is 1. The zero-order valence-corrected chi connectivity index (χ0v) is 13.4. The summed E-state index contributed by atoms with van der Waals surface area (Å²) >= 11 is 3.31. The highest BCUT2D eigenvalue weighted by atomic mass is 79.9. The van der Waals surface area contributed by atoms with E-state index >= 15 is 0 Å². The molecule has 2 aromatic rings. The predicted octanol–water partition coefficient (Wildman–Crippen LogP) is 3.95. The van der Waals surface area contributed by atoms with Gasteiger partial charge in [0.25, 0.3) is 0 Å². The predicted molar refractivity (Wildman–Crippen MR) is 84.9 cm³/mol. The van der Waals surface area contributed by atoms with Crippen LogP contribution in [0.5, 0.6) is 0 Å². The molecule has 2 rings (SSSR count). The Morgan fingerprint density at radius 2 is 1.90 bits per heavy atom. The fourth-order valence-electron chi connectivity index (χ4n) is 2.01. The molecule has 0 fully saturated rings. The first-order valence-electron chi connectivity index (χ1n) is 6.44. The van der Waals surface area contributed by atoms with Crippen molar-refractivity contribution >= 4 is 27.7 Å². The molecule has 1 aromatic heterocycles. The lowest BCUT2D eigenvalue weighted by atomic mass is 9.97. The highest BCUT2D eigenvalue weighted by molar-refractivity contribution is 9.10. The number of benzene rings is 1. The van der Waals surface area contributed by atoms with Gasteiger partial charge in [0.05, 0.1) is 6.42 Å². The van der Waals surface area contributed by atoms with Crippen LogP contribution in [-0.4, -0.2) is 10.9 Å². The Morgan fingerprint density at radius 1 is 1.15 bits per heavy atom. The van der Waals surface area contributed by atoms with Crippen molar-refractivity contribution in [1.82, 2.24) is 4.98 Å². The van der Waals surface area contributed by atoms with Gasteiger partial charge < -0.3 is 5.32 Å². The van der Waals surface area contributed by atoms with E-state index in [1.165, 1.54) is 16.7 Å². The molecule has 0 atom stereocenters. The van der Waals surface area contributed by atoms with Gasteiger partial charge in [0.15, 0.2) is 0 Å². The van der Waals surface area contributed by atoms with E-state index in [1.54, 1.807) is 12.3 Å². The minimum atomic E-state index is -0.0498. The molecule has 0 radical (unpaired) electrons. The topological polar surface area (TPSA) is 42.0 Å². The minimum Gasteiger partial charge on any atom is -0.310 e. The summed E-state index contributed by atoms with van der Waals surface area (Å²) in [6.45, 7) is 6.23. The van der Waals surface area contributed by atoms with E-state index in [0.717, 1.165) is 10.0 Å². The van der Waals surface area contributed by atoms with E-state index in [4.69, 9.17) is 0 Å². The van der Waals surface area contributed by atoms with E-state index in [1.807, 2.05) is 12.1 Å². The number of rotatable bonds is 3. The Hall–Kier alpha value is -1.68. The number of anilines is 1. The molecular formula is C16H17BrN2O. The van der Waals surface area contributed by atoms with Gasteiger partial charge in [0, 0.05) is 10.7 Å². The smallest absolute Gasteiger partial charge is 0.229 e. The number of carbonyl (C=O) groups excluding carboxylic acids is 1. The van der Waals surface area contributed by atoms with Crippen LogP contribution in [0.3, 0.4) is 0 Å². The molecule has 0 saturated heterocycles. The Balaban J connectivity index is 2.08. The van der Waals surface area contributed by atoms with E-state index in [9.17, 15) is 4.79 Å². The number of carbonyl (C=O) groups is 1. The normalized spacial score (nSPS) is 10.4. The van der Waals surface area contributed by atoms with Crippen LogP contribution in [0.25, 0.3) is 0 Å². The monoisotopic (exact) mass is 332 g/mol. The molecule has 0 saturated carbocycles. The number of pyridine rings is 1. The van der Waals surface area contributed by atoms with Crippen molar-refractivity contribution in [2.24, 2.45) is 0 Å². The lowest BCUT2D eigenvalue weighted by Gasteiger charge is -2.11. The molecule has 0 aliphatic rings. The summed E-state index contributed by atoms with van der Waals surface area (Å²) < 4.78 is 0.889. The first-order valence-corrected chi connectivity index (χ1v) is 7.24. The van der Waals surface area contributed by atoms with Crippen molar-refractivity contribution in [3.05, 3.63) is 57.2 Å². The SMILES string of the molecule is Cc1ccc(CC(=O)Nc2ccc(Br)cn2)c(C)c1C. The van der Waals surface area contributed by atoms with Crippen LogP contribution in [0.2, 0.25) is 0 Å². The fourth-order valence-corrected chi connectivity index (χ4v) is 2.25. The maximum absolute atomic E-state index is 12.1. The first-order chi connectivity index (χ1) is 9.47. The zero-order valence-electron chi connectivity index (χ0n) is 11.8. The molecule has 1 amide bonds. The minimum absolute atomic E-state index is 0.0498. The van der Waals surface area contributed by atoms with Crippen molar-refractivity contribution in [3.8, 4) is 0 Å². The van der Waals surface area contributed by atoms with Crippen LogP contribution >= 0.6 is 15.9 Å². The van der Waals surface area contributed by atoms with Crippen LogP contribution in [0, 0.1) is 20.8 Å². The average molecular weight is 333 g/mol. The summed E-state index contributed by atoms with van der Waals surface area (Å²) in [7, 11) is 0. The second kappa shape index (κ2) is 6.18. The lowest BCUT2D eigenvalue weighted by molar-refractivity contribution is -0.115. The molecule has 0 unspecified atom stereocenters. The highest BCUT2D eigenvalue weighted by Gasteiger charge is 2.09. The maximum atomic E-state index is 12.1. The van der Waals surface area contributed by atoms with Crippen molar-refractivity contribution < 1.29 is 4.79 Å². The van der Waals surface area contributed by atoms with E-state index < -0.39 is 0 Å². The van der Waals surface area contributed by atoms with Crippen molar-refractivity contribution in [2.45, 2.75) is 27.2 Å². The zero-order chi connectivity index (χ0) is 14.7. The number of aromatic nitrogens is 1. The number of amides is 1. The molecule has 1 aromatic carbocycles. The lowest BCUT2D eigenvalue weighted by Crippen LogP contribution is -2.16. The molecule has 1 N–H and O–H groups in total.